The van der Waals surface area contributed by atoms with Gasteiger partial charge in [-0.3, -0.25) is 4.90 Å². The molecule has 0 aliphatic carbocycles. The van der Waals surface area contributed by atoms with Crippen LogP contribution in [0.15, 0.2) is 18.2 Å². The second-order valence-corrected chi connectivity index (χ2v) is 3.90. The van der Waals surface area contributed by atoms with E-state index in [1.54, 1.807) is 6.07 Å². The van der Waals surface area contributed by atoms with Gasteiger partial charge in [-0.1, -0.05) is 0 Å². The molecule has 0 spiro atoms. The molecular formula is C12H13FN2. The molecule has 3 heteroatoms. The highest BCUT2D eigenvalue weighted by molar-refractivity contribution is 5.37. The van der Waals surface area contributed by atoms with Crippen molar-refractivity contribution in [3.05, 3.63) is 35.1 Å². The van der Waals surface area contributed by atoms with E-state index in [1.165, 1.54) is 25.0 Å². The lowest BCUT2D eigenvalue weighted by Gasteiger charge is -2.15. The molecule has 0 saturated carbocycles. The second-order valence-electron chi connectivity index (χ2n) is 3.90. The number of benzene rings is 1. The van der Waals surface area contributed by atoms with Gasteiger partial charge in [-0.05, 0) is 49.7 Å². The Hall–Kier alpha value is -1.40. The van der Waals surface area contributed by atoms with Crippen molar-refractivity contribution in [2.75, 3.05) is 13.1 Å². The smallest absolute Gasteiger partial charge is 0.123 e. The Kier molecular flexibility index (Phi) is 2.98. The van der Waals surface area contributed by atoms with E-state index in [9.17, 15) is 4.39 Å². The summed E-state index contributed by atoms with van der Waals surface area (Å²) in [7, 11) is 0. The van der Waals surface area contributed by atoms with Crippen molar-refractivity contribution in [1.29, 1.82) is 5.26 Å². The minimum absolute atomic E-state index is 0.261. The maximum absolute atomic E-state index is 13.0. The minimum atomic E-state index is -0.261. The minimum Gasteiger partial charge on any atom is -0.299 e. The zero-order valence-electron chi connectivity index (χ0n) is 8.54. The summed E-state index contributed by atoms with van der Waals surface area (Å²) < 4.78 is 13.0. The van der Waals surface area contributed by atoms with Crippen molar-refractivity contribution in [2.45, 2.75) is 19.4 Å². The number of hydrogen-bond donors (Lipinski definition) is 0. The van der Waals surface area contributed by atoms with Crippen LogP contribution in [0, 0.1) is 17.1 Å². The molecule has 0 N–H and O–H groups in total. The van der Waals surface area contributed by atoms with Crippen LogP contribution < -0.4 is 0 Å². The topological polar surface area (TPSA) is 27.0 Å². The van der Waals surface area contributed by atoms with E-state index < -0.39 is 0 Å². The van der Waals surface area contributed by atoms with Gasteiger partial charge < -0.3 is 0 Å². The molecular weight excluding hydrogens is 191 g/mol. The summed E-state index contributed by atoms with van der Waals surface area (Å²) in [4.78, 5) is 2.26. The molecule has 0 amide bonds. The van der Waals surface area contributed by atoms with E-state index in [0.717, 1.165) is 18.7 Å². The molecule has 0 atom stereocenters. The maximum atomic E-state index is 13.0. The highest BCUT2D eigenvalue weighted by Crippen LogP contribution is 2.16. The van der Waals surface area contributed by atoms with Crippen LogP contribution in [0.1, 0.15) is 24.0 Å². The third-order valence-electron chi connectivity index (χ3n) is 2.78. The second kappa shape index (κ2) is 4.41. The molecule has 2 rings (SSSR count). The van der Waals surface area contributed by atoms with Gasteiger partial charge in [-0.15, -0.1) is 0 Å². The molecule has 1 aliphatic rings. The van der Waals surface area contributed by atoms with Crippen LogP contribution in [0.5, 0.6) is 0 Å². The quantitative estimate of drug-likeness (QED) is 0.739. The van der Waals surface area contributed by atoms with Crippen LogP contribution >= 0.6 is 0 Å². The van der Waals surface area contributed by atoms with E-state index in [0.29, 0.717) is 12.1 Å². The van der Waals surface area contributed by atoms with E-state index in [1.807, 2.05) is 0 Å². The third kappa shape index (κ3) is 2.34. The molecule has 1 fully saturated rings. The standard InChI is InChI=1S/C12H13FN2/c13-12-4-3-10(8-14)11(7-12)9-15-5-1-2-6-15/h3-4,7H,1-2,5-6,9H2. The van der Waals surface area contributed by atoms with Crippen LogP contribution in [0.25, 0.3) is 0 Å². The molecule has 0 radical (unpaired) electrons. The Morgan fingerprint density at radius 1 is 1.33 bits per heavy atom. The van der Waals surface area contributed by atoms with E-state index in [4.69, 9.17) is 5.26 Å². The van der Waals surface area contributed by atoms with Crippen LogP contribution in [-0.2, 0) is 6.54 Å². The van der Waals surface area contributed by atoms with Gasteiger partial charge in [-0.2, -0.15) is 5.26 Å². The predicted molar refractivity (Wildman–Crippen MR) is 55.6 cm³/mol. The summed E-state index contributed by atoms with van der Waals surface area (Å²) in [6, 6.07) is 6.47. The fourth-order valence-electron chi connectivity index (χ4n) is 1.98. The average Bonchev–Trinajstić information content (AvgIpc) is 2.71. The Balaban J connectivity index is 2.18. The SMILES string of the molecule is N#Cc1ccc(F)cc1CN1CCCC1. The predicted octanol–water partition coefficient (Wildman–Crippen LogP) is 2.29. The van der Waals surface area contributed by atoms with Gasteiger partial charge in [0.1, 0.15) is 5.82 Å². The molecule has 0 unspecified atom stereocenters. The van der Waals surface area contributed by atoms with Gasteiger partial charge in [0, 0.05) is 6.54 Å². The van der Waals surface area contributed by atoms with Crippen molar-refractivity contribution in [3.8, 4) is 6.07 Å². The fraction of sp³-hybridized carbons (Fsp3) is 0.417. The Morgan fingerprint density at radius 2 is 2.07 bits per heavy atom. The normalized spacial score (nSPS) is 16.5. The van der Waals surface area contributed by atoms with Gasteiger partial charge in [-0.25, -0.2) is 4.39 Å². The van der Waals surface area contributed by atoms with Gasteiger partial charge in [0.05, 0.1) is 11.6 Å². The van der Waals surface area contributed by atoms with Crippen molar-refractivity contribution in [1.82, 2.24) is 4.90 Å². The lowest BCUT2D eigenvalue weighted by atomic mass is 10.1. The molecule has 1 aromatic rings. The summed E-state index contributed by atoms with van der Waals surface area (Å²) in [6.45, 7) is 2.81. The first-order valence-corrected chi connectivity index (χ1v) is 5.20. The van der Waals surface area contributed by atoms with Gasteiger partial charge in [0.2, 0.25) is 0 Å². The Labute approximate surface area is 88.9 Å². The number of nitriles is 1. The van der Waals surface area contributed by atoms with Crippen LogP contribution in [0.2, 0.25) is 0 Å². The lowest BCUT2D eigenvalue weighted by molar-refractivity contribution is 0.330. The fourth-order valence-corrected chi connectivity index (χ4v) is 1.98. The van der Waals surface area contributed by atoms with Crippen molar-refractivity contribution in [2.24, 2.45) is 0 Å². The number of rotatable bonds is 2. The third-order valence-corrected chi connectivity index (χ3v) is 2.78. The van der Waals surface area contributed by atoms with Gasteiger partial charge in [0.25, 0.3) is 0 Å². The van der Waals surface area contributed by atoms with E-state index >= 15 is 0 Å². The molecule has 0 aromatic heterocycles. The van der Waals surface area contributed by atoms with Crippen molar-refractivity contribution in [3.63, 3.8) is 0 Å². The largest absolute Gasteiger partial charge is 0.299 e. The first-order chi connectivity index (χ1) is 7.29. The highest BCUT2D eigenvalue weighted by Gasteiger charge is 2.14. The summed E-state index contributed by atoms with van der Waals surface area (Å²) in [6.07, 6.45) is 2.41. The number of halogens is 1. The maximum Gasteiger partial charge on any atom is 0.123 e. The average molecular weight is 204 g/mol. The zero-order valence-corrected chi connectivity index (χ0v) is 8.54. The molecule has 78 valence electrons. The zero-order chi connectivity index (χ0) is 10.7. The highest BCUT2D eigenvalue weighted by atomic mass is 19.1. The van der Waals surface area contributed by atoms with Gasteiger partial charge in [0.15, 0.2) is 0 Å². The molecule has 1 saturated heterocycles. The molecule has 15 heavy (non-hydrogen) atoms. The molecule has 1 aromatic carbocycles. The molecule has 1 aliphatic heterocycles. The number of hydrogen-bond acceptors (Lipinski definition) is 2. The summed E-state index contributed by atoms with van der Waals surface area (Å²) in [5.74, 6) is -0.261. The number of likely N-dealkylation sites (tertiary alicyclic amines) is 1. The Bertz CT molecular complexity index is 389. The van der Waals surface area contributed by atoms with Gasteiger partial charge >= 0.3 is 0 Å². The lowest BCUT2D eigenvalue weighted by Crippen LogP contribution is -2.19. The Morgan fingerprint density at radius 3 is 2.73 bits per heavy atom. The van der Waals surface area contributed by atoms with Crippen LogP contribution in [-0.4, -0.2) is 18.0 Å². The van der Waals surface area contributed by atoms with Crippen LogP contribution in [0.3, 0.4) is 0 Å². The van der Waals surface area contributed by atoms with Crippen molar-refractivity contribution < 1.29 is 4.39 Å². The summed E-state index contributed by atoms with van der Waals surface area (Å²) in [5.41, 5.74) is 1.39. The molecule has 0 bridgehead atoms. The first kappa shape index (κ1) is 10.1. The molecule has 2 nitrogen and oxygen atoms in total. The van der Waals surface area contributed by atoms with E-state index in [2.05, 4.69) is 11.0 Å². The first-order valence-electron chi connectivity index (χ1n) is 5.20. The van der Waals surface area contributed by atoms with Crippen molar-refractivity contribution >= 4 is 0 Å². The summed E-state index contributed by atoms with van der Waals surface area (Å²) >= 11 is 0. The number of nitrogens with zero attached hydrogens (tertiary/aromatic N) is 2. The monoisotopic (exact) mass is 204 g/mol. The van der Waals surface area contributed by atoms with Crippen LogP contribution in [0.4, 0.5) is 4.39 Å². The molecule has 1 heterocycles. The summed E-state index contributed by atoms with van der Waals surface area (Å²) in [5, 5.41) is 8.89. The van der Waals surface area contributed by atoms with E-state index in [-0.39, 0.29) is 5.82 Å².